The molecule has 0 fully saturated rings. The topological polar surface area (TPSA) is 49.4 Å². The van der Waals surface area contributed by atoms with Crippen molar-refractivity contribution in [3.8, 4) is 0 Å². The lowest BCUT2D eigenvalue weighted by molar-refractivity contribution is -0.466. The van der Waals surface area contributed by atoms with E-state index in [-0.39, 0.29) is 34.6 Å². The number of rotatable bonds is 2. The van der Waals surface area contributed by atoms with Gasteiger partial charge in [0.15, 0.2) is 0 Å². The van der Waals surface area contributed by atoms with Gasteiger partial charge in [0.2, 0.25) is 0 Å². The zero-order valence-electron chi connectivity index (χ0n) is 10.8. The average Bonchev–Trinajstić information content (AvgIpc) is 2.25. The van der Waals surface area contributed by atoms with Crippen LogP contribution in [-0.2, 0) is 0 Å². The molecule has 0 heterocycles. The molecule has 0 N–H and O–H groups in total. The van der Waals surface area contributed by atoms with Crippen LogP contribution in [0.1, 0.15) is 0 Å². The van der Waals surface area contributed by atoms with E-state index in [1.54, 1.807) is 12.1 Å². The Hall–Kier alpha value is -0.830. The van der Waals surface area contributed by atoms with Gasteiger partial charge in [-0.1, -0.05) is 6.07 Å². The van der Waals surface area contributed by atoms with E-state index in [9.17, 15) is 10.1 Å². The van der Waals surface area contributed by atoms with Crippen LogP contribution in [0.5, 0.6) is 0 Å². The Labute approximate surface area is 128 Å². The standard InChI is InChI=1S/C11H16N3O2S.HI/c1-12(2)11(13(3)4)17-10-7-5-6-9(8-10)14(15)16;/h5-8H,1-4H3;1H/q+1;/p-1. The number of halogens is 1. The lowest BCUT2D eigenvalue weighted by Gasteiger charge is -2.10. The molecule has 1 rings (SSSR count). The number of non-ortho nitro benzene ring substituents is 1. The van der Waals surface area contributed by atoms with Crippen molar-refractivity contribution < 1.29 is 33.5 Å². The molecule has 0 amide bonds. The Bertz CT molecular complexity index is 459. The predicted molar refractivity (Wildman–Crippen MR) is 69.8 cm³/mol. The Morgan fingerprint density at radius 3 is 2.39 bits per heavy atom. The summed E-state index contributed by atoms with van der Waals surface area (Å²) in [5.41, 5.74) is 0.117. The molecule has 0 radical (unpaired) electrons. The molecule has 18 heavy (non-hydrogen) atoms. The molecule has 0 atom stereocenters. The molecule has 0 aromatic heterocycles. The first-order valence-corrected chi connectivity index (χ1v) is 5.87. The van der Waals surface area contributed by atoms with Crippen LogP contribution in [0.2, 0.25) is 0 Å². The van der Waals surface area contributed by atoms with Gasteiger partial charge >= 0.3 is 5.17 Å². The van der Waals surface area contributed by atoms with Crippen molar-refractivity contribution in [2.75, 3.05) is 28.2 Å². The minimum absolute atomic E-state index is 0. The number of thioether (sulfide) groups is 1. The molecule has 0 bridgehead atoms. The fourth-order valence-electron chi connectivity index (χ4n) is 1.35. The van der Waals surface area contributed by atoms with Crippen LogP contribution in [-0.4, -0.2) is 47.8 Å². The highest BCUT2D eigenvalue weighted by Crippen LogP contribution is 2.24. The maximum absolute atomic E-state index is 10.7. The van der Waals surface area contributed by atoms with Gasteiger partial charge in [-0.05, 0) is 17.8 Å². The highest BCUT2D eigenvalue weighted by atomic mass is 127. The SMILES string of the molecule is CN(C)C(Sc1cccc([N+](=O)[O-])c1)=[N+](C)C.[I-]. The van der Waals surface area contributed by atoms with Crippen LogP contribution in [0, 0.1) is 10.1 Å². The Morgan fingerprint density at radius 2 is 1.94 bits per heavy atom. The first kappa shape index (κ1) is 17.2. The van der Waals surface area contributed by atoms with Crippen molar-refractivity contribution in [1.82, 2.24) is 4.90 Å². The molecular weight excluding hydrogens is 365 g/mol. The minimum atomic E-state index is -0.380. The number of hydrogen-bond acceptors (Lipinski definition) is 3. The van der Waals surface area contributed by atoms with Gasteiger partial charge in [0, 0.05) is 17.0 Å². The smallest absolute Gasteiger partial charge is 0.312 e. The Balaban J connectivity index is 0.00000289. The van der Waals surface area contributed by atoms with Gasteiger partial charge < -0.3 is 24.0 Å². The fraction of sp³-hybridized carbons (Fsp3) is 0.364. The number of nitro benzene ring substituents is 1. The third kappa shape index (κ3) is 4.81. The van der Waals surface area contributed by atoms with Gasteiger partial charge in [0.05, 0.1) is 33.1 Å². The first-order valence-electron chi connectivity index (χ1n) is 5.05. The summed E-state index contributed by atoms with van der Waals surface area (Å²) in [5.74, 6) is 0. The monoisotopic (exact) mass is 381 g/mol. The lowest BCUT2D eigenvalue weighted by Crippen LogP contribution is -3.00. The number of benzene rings is 1. The second-order valence-electron chi connectivity index (χ2n) is 3.93. The average molecular weight is 381 g/mol. The lowest BCUT2D eigenvalue weighted by atomic mass is 10.3. The quantitative estimate of drug-likeness (QED) is 0.124. The second kappa shape index (κ2) is 7.57. The van der Waals surface area contributed by atoms with E-state index in [4.69, 9.17) is 0 Å². The van der Waals surface area contributed by atoms with E-state index in [1.807, 2.05) is 43.7 Å². The minimum Gasteiger partial charge on any atom is -1.00 e. The second-order valence-corrected chi connectivity index (χ2v) is 4.97. The molecule has 0 unspecified atom stereocenters. The molecule has 100 valence electrons. The Kier molecular flexibility index (Phi) is 7.22. The first-order chi connectivity index (χ1) is 7.91. The van der Waals surface area contributed by atoms with Gasteiger partial charge in [-0.2, -0.15) is 0 Å². The molecule has 0 aliphatic carbocycles. The van der Waals surface area contributed by atoms with Gasteiger partial charge in [-0.3, -0.25) is 19.6 Å². The molecule has 0 aliphatic rings. The molecule has 0 saturated heterocycles. The summed E-state index contributed by atoms with van der Waals surface area (Å²) in [6.07, 6.45) is 0. The normalized spacial score (nSPS) is 9.33. The van der Waals surface area contributed by atoms with Crippen molar-refractivity contribution in [3.63, 3.8) is 0 Å². The molecule has 0 spiro atoms. The largest absolute Gasteiger partial charge is 1.00 e. The molecule has 0 saturated carbocycles. The summed E-state index contributed by atoms with van der Waals surface area (Å²) in [6, 6.07) is 6.64. The van der Waals surface area contributed by atoms with Crippen molar-refractivity contribution in [2.24, 2.45) is 0 Å². The van der Waals surface area contributed by atoms with Crippen LogP contribution in [0.3, 0.4) is 0 Å². The van der Waals surface area contributed by atoms with Crippen molar-refractivity contribution in [2.45, 2.75) is 4.90 Å². The summed E-state index contributed by atoms with van der Waals surface area (Å²) in [6.45, 7) is 0. The van der Waals surface area contributed by atoms with Crippen molar-refractivity contribution in [1.29, 1.82) is 0 Å². The summed E-state index contributed by atoms with van der Waals surface area (Å²) in [7, 11) is 7.78. The third-order valence-corrected chi connectivity index (χ3v) is 3.41. The van der Waals surface area contributed by atoms with Gasteiger partial charge in [-0.25, -0.2) is 0 Å². The molecule has 5 nitrogen and oxygen atoms in total. The van der Waals surface area contributed by atoms with E-state index < -0.39 is 0 Å². The van der Waals surface area contributed by atoms with Crippen LogP contribution < -0.4 is 24.0 Å². The Morgan fingerprint density at radius 1 is 1.33 bits per heavy atom. The van der Waals surface area contributed by atoms with E-state index in [1.165, 1.54) is 17.8 Å². The van der Waals surface area contributed by atoms with Gasteiger partial charge in [0.1, 0.15) is 0 Å². The molecular formula is C11H16IN3O2S. The third-order valence-electron chi connectivity index (χ3n) is 2.00. The zero-order valence-corrected chi connectivity index (χ0v) is 13.7. The summed E-state index contributed by atoms with van der Waals surface area (Å²) < 4.78 is 1.98. The number of hydrogen-bond donors (Lipinski definition) is 0. The number of amidine groups is 1. The van der Waals surface area contributed by atoms with E-state index in [0.717, 1.165) is 10.1 Å². The van der Waals surface area contributed by atoms with E-state index in [0.29, 0.717) is 0 Å². The van der Waals surface area contributed by atoms with E-state index in [2.05, 4.69) is 0 Å². The summed E-state index contributed by atoms with van der Waals surface area (Å²) in [4.78, 5) is 13.1. The van der Waals surface area contributed by atoms with Crippen molar-refractivity contribution >= 4 is 22.6 Å². The summed E-state index contributed by atoms with van der Waals surface area (Å²) >= 11 is 1.50. The zero-order chi connectivity index (χ0) is 13.0. The summed E-state index contributed by atoms with van der Waals surface area (Å²) in [5, 5.41) is 11.7. The van der Waals surface area contributed by atoms with Crippen LogP contribution in [0.25, 0.3) is 0 Å². The number of nitrogens with zero attached hydrogens (tertiary/aromatic N) is 3. The van der Waals surface area contributed by atoms with Crippen LogP contribution >= 0.6 is 11.8 Å². The van der Waals surface area contributed by atoms with E-state index >= 15 is 0 Å². The highest BCUT2D eigenvalue weighted by Gasteiger charge is 2.15. The van der Waals surface area contributed by atoms with Crippen LogP contribution in [0.15, 0.2) is 29.2 Å². The predicted octanol–water partition coefficient (Wildman–Crippen LogP) is -1.12. The maximum Gasteiger partial charge on any atom is 0.312 e. The molecule has 1 aromatic carbocycles. The molecule has 0 aliphatic heterocycles. The highest BCUT2D eigenvalue weighted by molar-refractivity contribution is 8.13. The van der Waals surface area contributed by atoms with Gasteiger partial charge in [-0.15, -0.1) is 0 Å². The fourth-order valence-corrected chi connectivity index (χ4v) is 2.25. The molecule has 1 aromatic rings. The molecule has 7 heteroatoms. The number of nitro groups is 1. The maximum atomic E-state index is 10.7. The van der Waals surface area contributed by atoms with Gasteiger partial charge in [0.25, 0.3) is 5.69 Å². The van der Waals surface area contributed by atoms with Crippen molar-refractivity contribution in [3.05, 3.63) is 34.4 Å². The van der Waals surface area contributed by atoms with Crippen LogP contribution in [0.4, 0.5) is 5.69 Å².